The first-order valence-corrected chi connectivity index (χ1v) is 5.57. The number of nitrogens with zero attached hydrogens (tertiary/aromatic N) is 1. The van der Waals surface area contributed by atoms with Gasteiger partial charge in [0.2, 0.25) is 0 Å². The summed E-state index contributed by atoms with van der Waals surface area (Å²) in [7, 11) is 0. The van der Waals surface area contributed by atoms with Gasteiger partial charge in [-0.25, -0.2) is 8.78 Å². The SMILES string of the molecule is N[C@@H](COCCN1CCCC(F)(F)C1)C(=O)O. The highest BCUT2D eigenvalue weighted by Gasteiger charge is 2.34. The number of alkyl halides is 2. The molecule has 1 fully saturated rings. The predicted octanol–water partition coefficient (Wildman–Crippen LogP) is 0.146. The van der Waals surface area contributed by atoms with Gasteiger partial charge in [-0.3, -0.25) is 9.69 Å². The molecule has 1 atom stereocenters. The molecule has 7 heteroatoms. The normalized spacial score (nSPS) is 22.3. The van der Waals surface area contributed by atoms with Crippen LogP contribution in [0.2, 0.25) is 0 Å². The number of hydrogen-bond donors (Lipinski definition) is 2. The minimum absolute atomic E-state index is 0.0613. The van der Waals surface area contributed by atoms with Crippen molar-refractivity contribution in [1.82, 2.24) is 4.90 Å². The second-order valence-electron chi connectivity index (χ2n) is 4.26. The van der Waals surface area contributed by atoms with Crippen LogP contribution in [0, 0.1) is 0 Å². The molecule has 1 saturated heterocycles. The topological polar surface area (TPSA) is 75.8 Å². The van der Waals surface area contributed by atoms with Crippen molar-refractivity contribution in [2.24, 2.45) is 5.73 Å². The first kappa shape index (κ1) is 14.3. The summed E-state index contributed by atoms with van der Waals surface area (Å²) in [6.07, 6.45) is 0.413. The van der Waals surface area contributed by atoms with Crippen LogP contribution in [0.1, 0.15) is 12.8 Å². The largest absolute Gasteiger partial charge is 0.480 e. The summed E-state index contributed by atoms with van der Waals surface area (Å²) in [6.45, 7) is 0.879. The van der Waals surface area contributed by atoms with Crippen molar-refractivity contribution in [3.8, 4) is 0 Å². The fourth-order valence-corrected chi connectivity index (χ4v) is 1.71. The Morgan fingerprint density at radius 1 is 1.59 bits per heavy atom. The number of aliphatic carboxylic acids is 1. The van der Waals surface area contributed by atoms with Crippen molar-refractivity contribution in [2.45, 2.75) is 24.8 Å². The lowest BCUT2D eigenvalue weighted by Gasteiger charge is -2.32. The third-order valence-corrected chi connectivity index (χ3v) is 2.64. The minimum Gasteiger partial charge on any atom is -0.480 e. The number of hydrogen-bond acceptors (Lipinski definition) is 4. The van der Waals surface area contributed by atoms with E-state index in [1.165, 1.54) is 0 Å². The Hall–Kier alpha value is -0.790. The lowest BCUT2D eigenvalue weighted by molar-refractivity contribution is -0.140. The monoisotopic (exact) mass is 252 g/mol. The highest BCUT2D eigenvalue weighted by Crippen LogP contribution is 2.25. The molecule has 17 heavy (non-hydrogen) atoms. The number of nitrogens with two attached hydrogens (primary N) is 1. The van der Waals surface area contributed by atoms with Gasteiger partial charge in [0.25, 0.3) is 5.92 Å². The van der Waals surface area contributed by atoms with E-state index in [1.807, 2.05) is 0 Å². The Labute approximate surface area is 98.5 Å². The van der Waals surface area contributed by atoms with Crippen molar-refractivity contribution in [1.29, 1.82) is 0 Å². The van der Waals surface area contributed by atoms with Gasteiger partial charge in [-0.05, 0) is 13.0 Å². The van der Waals surface area contributed by atoms with E-state index >= 15 is 0 Å². The molecule has 0 saturated carbocycles. The Morgan fingerprint density at radius 3 is 2.88 bits per heavy atom. The molecule has 0 aromatic carbocycles. The van der Waals surface area contributed by atoms with Gasteiger partial charge >= 0.3 is 5.97 Å². The van der Waals surface area contributed by atoms with Gasteiger partial charge in [0.15, 0.2) is 0 Å². The molecule has 0 aromatic heterocycles. The molecule has 0 radical (unpaired) electrons. The van der Waals surface area contributed by atoms with Crippen LogP contribution in [0.25, 0.3) is 0 Å². The lowest BCUT2D eigenvalue weighted by atomic mass is 10.1. The van der Waals surface area contributed by atoms with Crippen LogP contribution < -0.4 is 5.73 Å². The van der Waals surface area contributed by atoms with Crippen molar-refractivity contribution < 1.29 is 23.4 Å². The van der Waals surface area contributed by atoms with E-state index in [9.17, 15) is 13.6 Å². The number of likely N-dealkylation sites (tertiary alicyclic amines) is 1. The average Bonchev–Trinajstić information content (AvgIpc) is 2.22. The van der Waals surface area contributed by atoms with Crippen LogP contribution in [0.5, 0.6) is 0 Å². The Kier molecular flexibility index (Phi) is 5.23. The van der Waals surface area contributed by atoms with Crippen LogP contribution in [0.15, 0.2) is 0 Å². The zero-order valence-electron chi connectivity index (χ0n) is 9.57. The van der Waals surface area contributed by atoms with Crippen LogP contribution in [-0.2, 0) is 9.53 Å². The van der Waals surface area contributed by atoms with Gasteiger partial charge < -0.3 is 15.6 Å². The summed E-state index contributed by atoms with van der Waals surface area (Å²) in [6, 6.07) is -1.06. The summed E-state index contributed by atoms with van der Waals surface area (Å²) in [5.41, 5.74) is 5.22. The highest BCUT2D eigenvalue weighted by atomic mass is 19.3. The fraction of sp³-hybridized carbons (Fsp3) is 0.900. The summed E-state index contributed by atoms with van der Waals surface area (Å²) < 4.78 is 31.1. The first-order chi connectivity index (χ1) is 7.91. The molecule has 3 N–H and O–H groups in total. The Balaban J connectivity index is 2.12. The zero-order chi connectivity index (χ0) is 12.9. The number of piperidine rings is 1. The van der Waals surface area contributed by atoms with Crippen LogP contribution >= 0.6 is 0 Å². The van der Waals surface area contributed by atoms with Gasteiger partial charge in [-0.1, -0.05) is 0 Å². The van der Waals surface area contributed by atoms with Crippen molar-refractivity contribution in [3.63, 3.8) is 0 Å². The molecule has 0 amide bonds. The third-order valence-electron chi connectivity index (χ3n) is 2.64. The molecular weight excluding hydrogens is 234 g/mol. The second kappa shape index (κ2) is 6.23. The lowest BCUT2D eigenvalue weighted by Crippen LogP contribution is -2.44. The summed E-state index contributed by atoms with van der Waals surface area (Å²) in [5.74, 6) is -3.75. The Morgan fingerprint density at radius 2 is 2.29 bits per heavy atom. The quantitative estimate of drug-likeness (QED) is 0.658. The van der Waals surface area contributed by atoms with E-state index in [0.717, 1.165) is 0 Å². The molecule has 1 heterocycles. The number of halogens is 2. The molecule has 0 aliphatic carbocycles. The molecule has 0 bridgehead atoms. The maximum absolute atomic E-state index is 13.0. The van der Waals surface area contributed by atoms with Crippen molar-refractivity contribution in [2.75, 3.05) is 32.8 Å². The molecule has 100 valence electrons. The number of carboxylic acids is 1. The van der Waals surface area contributed by atoms with Gasteiger partial charge in [0.05, 0.1) is 19.8 Å². The van der Waals surface area contributed by atoms with E-state index in [0.29, 0.717) is 19.5 Å². The van der Waals surface area contributed by atoms with E-state index in [2.05, 4.69) is 0 Å². The molecule has 1 aliphatic rings. The fourth-order valence-electron chi connectivity index (χ4n) is 1.71. The van der Waals surface area contributed by atoms with E-state index in [1.54, 1.807) is 4.90 Å². The number of rotatable bonds is 6. The van der Waals surface area contributed by atoms with E-state index in [-0.39, 0.29) is 26.2 Å². The van der Waals surface area contributed by atoms with Crippen LogP contribution in [0.3, 0.4) is 0 Å². The highest BCUT2D eigenvalue weighted by molar-refractivity contribution is 5.73. The predicted molar refractivity (Wildman–Crippen MR) is 57.1 cm³/mol. The molecule has 1 aliphatic heterocycles. The zero-order valence-corrected chi connectivity index (χ0v) is 9.57. The third kappa shape index (κ3) is 5.38. The maximum atomic E-state index is 13.0. The standard InChI is InChI=1S/C10H18F2N2O3/c11-10(12)2-1-3-14(7-10)4-5-17-6-8(13)9(15)16/h8H,1-7,13H2,(H,15,16)/t8-/m0/s1. The van der Waals surface area contributed by atoms with Crippen LogP contribution in [0.4, 0.5) is 8.78 Å². The Bertz CT molecular complexity index is 264. The number of carboxylic acid groups (broad SMARTS) is 1. The van der Waals surface area contributed by atoms with Gasteiger partial charge in [0, 0.05) is 13.0 Å². The average molecular weight is 252 g/mol. The summed E-state index contributed by atoms with van der Waals surface area (Å²) >= 11 is 0. The van der Waals surface area contributed by atoms with Crippen molar-refractivity contribution in [3.05, 3.63) is 0 Å². The van der Waals surface area contributed by atoms with Gasteiger partial charge in [-0.2, -0.15) is 0 Å². The number of carbonyl (C=O) groups is 1. The van der Waals surface area contributed by atoms with E-state index in [4.69, 9.17) is 15.6 Å². The van der Waals surface area contributed by atoms with Gasteiger partial charge in [-0.15, -0.1) is 0 Å². The smallest absolute Gasteiger partial charge is 0.322 e. The first-order valence-electron chi connectivity index (χ1n) is 5.57. The van der Waals surface area contributed by atoms with E-state index < -0.39 is 17.9 Å². The van der Waals surface area contributed by atoms with Crippen molar-refractivity contribution >= 4 is 5.97 Å². The molecule has 0 unspecified atom stereocenters. The van der Waals surface area contributed by atoms with Crippen LogP contribution in [-0.4, -0.2) is 60.8 Å². The molecule has 5 nitrogen and oxygen atoms in total. The molecule has 0 spiro atoms. The molecular formula is C10H18F2N2O3. The molecule has 0 aromatic rings. The second-order valence-corrected chi connectivity index (χ2v) is 4.26. The molecule has 1 rings (SSSR count). The maximum Gasteiger partial charge on any atom is 0.322 e. The summed E-state index contributed by atoms with van der Waals surface area (Å²) in [4.78, 5) is 12.0. The van der Waals surface area contributed by atoms with Gasteiger partial charge in [0.1, 0.15) is 6.04 Å². The minimum atomic E-state index is -2.62. The number of ether oxygens (including phenoxy) is 1. The summed E-state index contributed by atoms with van der Waals surface area (Å²) in [5, 5.41) is 8.48.